The van der Waals surface area contributed by atoms with Crippen LogP contribution in [0, 0.1) is 12.7 Å². The fourth-order valence-corrected chi connectivity index (χ4v) is 3.83. The van der Waals surface area contributed by atoms with Crippen LogP contribution in [-0.2, 0) is 4.79 Å². The van der Waals surface area contributed by atoms with Gasteiger partial charge in [-0.15, -0.1) is 13.2 Å². The number of fused-ring (bicyclic) bond motifs is 1. The predicted molar refractivity (Wildman–Crippen MR) is 131 cm³/mol. The van der Waals surface area contributed by atoms with Crippen LogP contribution in [0.15, 0.2) is 42.6 Å². The van der Waals surface area contributed by atoms with E-state index in [0.29, 0.717) is 28.4 Å². The Morgan fingerprint density at radius 3 is 2.51 bits per heavy atom. The number of alkyl halides is 3. The van der Waals surface area contributed by atoms with Gasteiger partial charge in [-0.05, 0) is 50.2 Å². The van der Waals surface area contributed by atoms with Crippen molar-refractivity contribution in [3.8, 4) is 22.9 Å². The van der Waals surface area contributed by atoms with E-state index in [1.807, 2.05) is 0 Å². The molecule has 1 atom stereocenters. The number of hydrogen-bond acceptors (Lipinski definition) is 7. The molecule has 0 bridgehead atoms. The van der Waals surface area contributed by atoms with Crippen LogP contribution in [0.3, 0.4) is 0 Å². The monoisotopic (exact) mass is 546 g/mol. The first-order chi connectivity index (χ1) is 18.3. The minimum absolute atomic E-state index is 0.0143. The fraction of sp³-hybridized carbons (Fsp3) is 0.240. The lowest BCUT2D eigenvalue weighted by molar-refractivity contribution is -0.274. The number of anilines is 1. The molecule has 0 fully saturated rings. The fourth-order valence-electron chi connectivity index (χ4n) is 3.83. The molecule has 4 rings (SSSR count). The predicted octanol–water partition coefficient (Wildman–Crippen LogP) is 4.60. The molecule has 0 radical (unpaired) electrons. The van der Waals surface area contributed by atoms with E-state index >= 15 is 0 Å². The number of methoxy groups -OCH3 is 1. The lowest BCUT2D eigenvalue weighted by atomic mass is 10.0. The smallest absolute Gasteiger partial charge is 0.480 e. The number of aromatic nitrogens is 4. The Kier molecular flexibility index (Phi) is 7.38. The summed E-state index contributed by atoms with van der Waals surface area (Å²) in [7, 11) is 1.32. The van der Waals surface area contributed by atoms with Crippen LogP contribution in [0.4, 0.5) is 23.4 Å². The van der Waals surface area contributed by atoms with Crippen molar-refractivity contribution < 1.29 is 36.6 Å². The first-order valence-corrected chi connectivity index (χ1v) is 11.4. The SMILES string of the molecule is COc1nc(C)c(-c2ccc3nc(NC(C)=O)cn3n2)cc1C(=O)NC(C)c1cc(OC(F)(F)F)ccc1F. The van der Waals surface area contributed by atoms with Crippen molar-refractivity contribution in [2.75, 3.05) is 12.4 Å². The van der Waals surface area contributed by atoms with Crippen LogP contribution in [0.25, 0.3) is 16.9 Å². The van der Waals surface area contributed by atoms with Crippen LogP contribution in [0.1, 0.15) is 41.5 Å². The molecule has 2 amide bonds. The standard InChI is InChI=1S/C25H22F4N6O4/c1-12(16-9-15(5-6-19(16)26)39-25(27,28)29)30-23(37)18-10-17(13(2)31-24(18)38-4)20-7-8-22-33-21(32-14(3)36)11-35(22)34-20/h5-12H,1-4H3,(H,30,37)(H,32,36). The van der Waals surface area contributed by atoms with Gasteiger partial charge in [0.2, 0.25) is 11.8 Å². The number of amides is 2. The second-order valence-electron chi connectivity index (χ2n) is 8.43. The zero-order chi connectivity index (χ0) is 28.5. The molecule has 14 heteroatoms. The summed E-state index contributed by atoms with van der Waals surface area (Å²) in [5.41, 5.74) is 1.61. The number of halogens is 4. The molecule has 0 saturated carbocycles. The van der Waals surface area contributed by atoms with Crippen LogP contribution >= 0.6 is 0 Å². The number of carbonyl (C=O) groups excluding carboxylic acids is 2. The maximum atomic E-state index is 14.4. The number of pyridine rings is 1. The number of rotatable bonds is 7. The van der Waals surface area contributed by atoms with Crippen molar-refractivity contribution in [1.82, 2.24) is 24.9 Å². The van der Waals surface area contributed by atoms with Gasteiger partial charge in [0.1, 0.15) is 17.1 Å². The normalized spacial score (nSPS) is 12.2. The summed E-state index contributed by atoms with van der Waals surface area (Å²) in [5, 5.41) is 9.61. The average Bonchev–Trinajstić information content (AvgIpc) is 3.24. The number of hydrogen-bond donors (Lipinski definition) is 2. The Morgan fingerprint density at radius 2 is 1.85 bits per heavy atom. The molecule has 0 saturated heterocycles. The van der Waals surface area contributed by atoms with Gasteiger partial charge in [-0.3, -0.25) is 9.59 Å². The minimum Gasteiger partial charge on any atom is -0.480 e. The molecule has 10 nitrogen and oxygen atoms in total. The van der Waals surface area contributed by atoms with Crippen molar-refractivity contribution in [2.24, 2.45) is 0 Å². The van der Waals surface area contributed by atoms with E-state index in [1.54, 1.807) is 19.1 Å². The highest BCUT2D eigenvalue weighted by molar-refractivity contribution is 5.98. The number of aryl methyl sites for hydroxylation is 1. The van der Waals surface area contributed by atoms with Crippen molar-refractivity contribution in [1.29, 1.82) is 0 Å². The van der Waals surface area contributed by atoms with Crippen LogP contribution < -0.4 is 20.1 Å². The molecule has 0 spiro atoms. The summed E-state index contributed by atoms with van der Waals surface area (Å²) in [4.78, 5) is 33.1. The van der Waals surface area contributed by atoms with Crippen LogP contribution in [-0.4, -0.2) is 44.9 Å². The molecular weight excluding hydrogens is 524 g/mol. The molecule has 1 unspecified atom stereocenters. The third-order valence-electron chi connectivity index (χ3n) is 5.53. The Morgan fingerprint density at radius 1 is 1.10 bits per heavy atom. The Labute approximate surface area is 219 Å². The Hall–Kier alpha value is -4.75. The summed E-state index contributed by atoms with van der Waals surface area (Å²) < 4.78 is 62.8. The number of ether oxygens (including phenoxy) is 2. The van der Waals surface area contributed by atoms with E-state index in [0.717, 1.165) is 18.2 Å². The van der Waals surface area contributed by atoms with Gasteiger partial charge in [0.25, 0.3) is 5.91 Å². The third kappa shape index (κ3) is 6.22. The molecule has 204 valence electrons. The van der Waals surface area contributed by atoms with E-state index in [4.69, 9.17) is 4.74 Å². The van der Waals surface area contributed by atoms with Gasteiger partial charge in [0.15, 0.2) is 11.5 Å². The second-order valence-corrected chi connectivity index (χ2v) is 8.43. The molecule has 0 aliphatic heterocycles. The first kappa shape index (κ1) is 27.3. The highest BCUT2D eigenvalue weighted by Gasteiger charge is 2.31. The van der Waals surface area contributed by atoms with Gasteiger partial charge < -0.3 is 20.1 Å². The van der Waals surface area contributed by atoms with E-state index in [-0.39, 0.29) is 22.9 Å². The molecule has 2 N–H and O–H groups in total. The van der Waals surface area contributed by atoms with Gasteiger partial charge in [0, 0.05) is 18.1 Å². The molecule has 1 aromatic carbocycles. The molecule has 4 aromatic rings. The lowest BCUT2D eigenvalue weighted by Crippen LogP contribution is -2.28. The van der Waals surface area contributed by atoms with Gasteiger partial charge in [-0.1, -0.05) is 0 Å². The van der Waals surface area contributed by atoms with E-state index < -0.39 is 29.9 Å². The second kappa shape index (κ2) is 10.6. The average molecular weight is 546 g/mol. The Balaban J connectivity index is 1.65. The summed E-state index contributed by atoms with van der Waals surface area (Å²) in [6.07, 6.45) is -3.44. The molecular formula is C25H22F4N6O4. The van der Waals surface area contributed by atoms with E-state index in [9.17, 15) is 27.2 Å². The van der Waals surface area contributed by atoms with Crippen LogP contribution in [0.2, 0.25) is 0 Å². The number of benzene rings is 1. The lowest BCUT2D eigenvalue weighted by Gasteiger charge is -2.18. The summed E-state index contributed by atoms with van der Waals surface area (Å²) in [5.74, 6) is -2.18. The maximum absolute atomic E-state index is 14.4. The van der Waals surface area contributed by atoms with Crippen LogP contribution in [0.5, 0.6) is 11.6 Å². The summed E-state index contributed by atoms with van der Waals surface area (Å²) >= 11 is 0. The third-order valence-corrected chi connectivity index (χ3v) is 5.53. The van der Waals surface area contributed by atoms with Gasteiger partial charge in [-0.25, -0.2) is 18.9 Å². The summed E-state index contributed by atoms with van der Waals surface area (Å²) in [6, 6.07) is 6.28. The Bertz CT molecular complexity index is 1570. The summed E-state index contributed by atoms with van der Waals surface area (Å²) in [6.45, 7) is 4.44. The van der Waals surface area contributed by atoms with Crippen molar-refractivity contribution in [3.63, 3.8) is 0 Å². The van der Waals surface area contributed by atoms with E-state index in [1.165, 1.54) is 37.7 Å². The van der Waals surface area contributed by atoms with Crippen molar-refractivity contribution in [2.45, 2.75) is 33.2 Å². The molecule has 3 aromatic heterocycles. The highest BCUT2D eigenvalue weighted by Crippen LogP contribution is 2.30. The van der Waals surface area contributed by atoms with Gasteiger partial charge >= 0.3 is 6.36 Å². The van der Waals surface area contributed by atoms with Crippen molar-refractivity contribution in [3.05, 3.63) is 65.2 Å². The number of imidazole rings is 1. The zero-order valence-corrected chi connectivity index (χ0v) is 21.1. The highest BCUT2D eigenvalue weighted by atomic mass is 19.4. The number of carbonyl (C=O) groups is 2. The van der Waals surface area contributed by atoms with Gasteiger partial charge in [-0.2, -0.15) is 5.10 Å². The van der Waals surface area contributed by atoms with Crippen molar-refractivity contribution >= 4 is 23.3 Å². The topological polar surface area (TPSA) is 120 Å². The van der Waals surface area contributed by atoms with Gasteiger partial charge in [0.05, 0.1) is 30.7 Å². The van der Waals surface area contributed by atoms with E-state index in [2.05, 4.69) is 30.4 Å². The molecule has 39 heavy (non-hydrogen) atoms. The molecule has 0 aliphatic rings. The number of nitrogens with zero attached hydrogens (tertiary/aromatic N) is 4. The quantitative estimate of drug-likeness (QED) is 0.325. The number of nitrogens with one attached hydrogen (secondary N) is 2. The largest absolute Gasteiger partial charge is 0.573 e. The first-order valence-electron chi connectivity index (χ1n) is 11.4. The molecule has 0 aliphatic carbocycles. The maximum Gasteiger partial charge on any atom is 0.573 e. The molecule has 3 heterocycles. The minimum atomic E-state index is -4.96. The zero-order valence-electron chi connectivity index (χ0n) is 21.1.